The predicted molar refractivity (Wildman–Crippen MR) is 54.6 cm³/mol. The van der Waals surface area contributed by atoms with Crippen molar-refractivity contribution in [3.05, 3.63) is 42.5 Å². The van der Waals surface area contributed by atoms with E-state index in [1.807, 2.05) is 12.1 Å². The summed E-state index contributed by atoms with van der Waals surface area (Å²) in [6.45, 7) is 0. The number of hydrogen-bond acceptors (Lipinski definition) is 1. The van der Waals surface area contributed by atoms with E-state index < -0.39 is 0 Å². The minimum Gasteiger partial charge on any atom is -0.129 e. The van der Waals surface area contributed by atoms with Gasteiger partial charge in [0.25, 0.3) is 0 Å². The molecule has 0 fully saturated rings. The maximum absolute atomic E-state index is 3.21. The van der Waals surface area contributed by atoms with E-state index in [2.05, 4.69) is 36.6 Å². The van der Waals surface area contributed by atoms with Crippen molar-refractivity contribution in [2.24, 2.45) is 0 Å². The van der Waals surface area contributed by atoms with Crippen LogP contribution in [0.3, 0.4) is 0 Å². The molecule has 0 aliphatic carbocycles. The van der Waals surface area contributed by atoms with Crippen molar-refractivity contribution < 1.29 is 0 Å². The summed E-state index contributed by atoms with van der Waals surface area (Å²) in [4.78, 5) is 1.32. The Hall–Kier alpha value is -0.950. The van der Waals surface area contributed by atoms with Crippen LogP contribution in [0.25, 0.3) is 10.8 Å². The van der Waals surface area contributed by atoms with Crippen molar-refractivity contribution in [3.8, 4) is 0 Å². The second-order valence-electron chi connectivity index (χ2n) is 2.59. The zero-order valence-electron chi connectivity index (χ0n) is 6.87. The third kappa shape index (κ3) is 1.21. The SMILES string of the molecule is CSc1cccc2[c]cccc12. The minimum absolute atomic E-state index is 1.20. The van der Waals surface area contributed by atoms with Gasteiger partial charge < -0.3 is 0 Å². The van der Waals surface area contributed by atoms with Crippen molar-refractivity contribution in [1.82, 2.24) is 0 Å². The number of thioether (sulfide) groups is 1. The van der Waals surface area contributed by atoms with Crippen LogP contribution in [-0.2, 0) is 0 Å². The van der Waals surface area contributed by atoms with Crippen molar-refractivity contribution in [2.75, 3.05) is 6.26 Å². The number of rotatable bonds is 1. The molecular weight excluding hydrogens is 164 g/mol. The summed E-state index contributed by atoms with van der Waals surface area (Å²) in [6.07, 6.45) is 2.10. The molecule has 0 nitrogen and oxygen atoms in total. The van der Waals surface area contributed by atoms with Crippen molar-refractivity contribution in [1.29, 1.82) is 0 Å². The lowest BCUT2D eigenvalue weighted by Gasteiger charge is -2.01. The van der Waals surface area contributed by atoms with E-state index in [0.717, 1.165) is 0 Å². The summed E-state index contributed by atoms with van der Waals surface area (Å²) in [7, 11) is 0. The Kier molecular flexibility index (Phi) is 2.05. The lowest BCUT2D eigenvalue weighted by molar-refractivity contribution is 1.55. The van der Waals surface area contributed by atoms with Crippen LogP contribution in [0.15, 0.2) is 41.3 Å². The van der Waals surface area contributed by atoms with Gasteiger partial charge in [-0.25, -0.2) is 0 Å². The third-order valence-corrected chi connectivity index (χ3v) is 2.68. The van der Waals surface area contributed by atoms with Gasteiger partial charge in [0.05, 0.1) is 0 Å². The molecule has 1 heteroatoms. The highest BCUT2D eigenvalue weighted by molar-refractivity contribution is 7.98. The van der Waals surface area contributed by atoms with Crippen LogP contribution in [0.4, 0.5) is 0 Å². The first-order chi connectivity index (χ1) is 5.92. The van der Waals surface area contributed by atoms with Gasteiger partial charge in [-0.15, -0.1) is 11.8 Å². The Morgan fingerprint density at radius 2 is 2.08 bits per heavy atom. The minimum atomic E-state index is 1.20. The normalized spacial score (nSPS) is 10.4. The molecule has 59 valence electrons. The molecule has 0 saturated heterocycles. The first-order valence-electron chi connectivity index (χ1n) is 3.85. The van der Waals surface area contributed by atoms with Crippen molar-refractivity contribution in [3.63, 3.8) is 0 Å². The van der Waals surface area contributed by atoms with Gasteiger partial charge in [0.15, 0.2) is 0 Å². The highest BCUT2D eigenvalue weighted by Gasteiger charge is 1.96. The van der Waals surface area contributed by atoms with Crippen LogP contribution in [0, 0.1) is 6.07 Å². The van der Waals surface area contributed by atoms with E-state index in [0.29, 0.717) is 0 Å². The first-order valence-corrected chi connectivity index (χ1v) is 5.08. The number of benzene rings is 2. The predicted octanol–water partition coefficient (Wildman–Crippen LogP) is 3.36. The van der Waals surface area contributed by atoms with Gasteiger partial charge >= 0.3 is 0 Å². The van der Waals surface area contributed by atoms with E-state index in [-0.39, 0.29) is 0 Å². The molecule has 0 heterocycles. The lowest BCUT2D eigenvalue weighted by Crippen LogP contribution is -1.75. The van der Waals surface area contributed by atoms with Gasteiger partial charge in [0.1, 0.15) is 0 Å². The zero-order valence-corrected chi connectivity index (χ0v) is 7.69. The molecule has 1 radical (unpaired) electrons. The molecule has 12 heavy (non-hydrogen) atoms. The molecule has 0 amide bonds. The largest absolute Gasteiger partial charge is 0.129 e. The average Bonchev–Trinajstić information content (AvgIpc) is 2.17. The molecule has 0 atom stereocenters. The molecule has 2 aromatic rings. The molecule has 0 spiro atoms. The van der Waals surface area contributed by atoms with Crippen LogP contribution in [-0.4, -0.2) is 6.26 Å². The molecule has 0 bridgehead atoms. The first kappa shape index (κ1) is 7.69. The Bertz CT molecular complexity index is 388. The Morgan fingerprint density at radius 1 is 1.17 bits per heavy atom. The smallest absolute Gasteiger partial charge is 0.0148 e. The molecule has 2 aromatic carbocycles. The van der Waals surface area contributed by atoms with E-state index in [4.69, 9.17) is 0 Å². The molecule has 2 rings (SSSR count). The highest BCUT2D eigenvalue weighted by Crippen LogP contribution is 2.25. The Labute approximate surface area is 76.6 Å². The molecule has 0 unspecified atom stereocenters. The molecule has 0 N–H and O–H groups in total. The van der Waals surface area contributed by atoms with Crippen molar-refractivity contribution in [2.45, 2.75) is 4.90 Å². The standard InChI is InChI=1S/C11H9S/c1-12-11-8-4-6-9-5-2-3-7-10(9)11/h2-4,6-8H,1H3. The number of fused-ring (bicyclic) bond motifs is 1. The third-order valence-electron chi connectivity index (χ3n) is 1.88. The van der Waals surface area contributed by atoms with Crippen LogP contribution in [0.5, 0.6) is 0 Å². The topological polar surface area (TPSA) is 0 Å². The van der Waals surface area contributed by atoms with Crippen molar-refractivity contribution >= 4 is 22.5 Å². The van der Waals surface area contributed by atoms with Crippen LogP contribution in [0.1, 0.15) is 0 Å². The summed E-state index contributed by atoms with van der Waals surface area (Å²) < 4.78 is 0. The van der Waals surface area contributed by atoms with Gasteiger partial charge in [-0.1, -0.05) is 30.3 Å². The van der Waals surface area contributed by atoms with Gasteiger partial charge in [-0.2, -0.15) is 0 Å². The molecular formula is C11H9S. The van der Waals surface area contributed by atoms with E-state index >= 15 is 0 Å². The second kappa shape index (κ2) is 3.20. The Balaban J connectivity index is 2.79. The summed E-state index contributed by atoms with van der Waals surface area (Å²) in [5.41, 5.74) is 0. The molecule has 0 aliphatic rings. The van der Waals surface area contributed by atoms with Gasteiger partial charge in [0.2, 0.25) is 0 Å². The van der Waals surface area contributed by atoms with Crippen LogP contribution < -0.4 is 0 Å². The number of hydrogen-bond donors (Lipinski definition) is 0. The maximum atomic E-state index is 3.21. The molecule has 0 saturated carbocycles. The molecule has 0 aromatic heterocycles. The summed E-state index contributed by atoms with van der Waals surface area (Å²) in [5, 5.41) is 2.50. The second-order valence-corrected chi connectivity index (χ2v) is 3.44. The monoisotopic (exact) mass is 173 g/mol. The Morgan fingerprint density at radius 3 is 2.92 bits per heavy atom. The fourth-order valence-corrected chi connectivity index (χ4v) is 1.91. The van der Waals surface area contributed by atoms with E-state index in [1.165, 1.54) is 15.7 Å². The van der Waals surface area contributed by atoms with Crippen LogP contribution >= 0.6 is 11.8 Å². The zero-order chi connectivity index (χ0) is 8.39. The fraction of sp³-hybridized carbons (Fsp3) is 0.0909. The van der Waals surface area contributed by atoms with E-state index in [9.17, 15) is 0 Å². The summed E-state index contributed by atoms with van der Waals surface area (Å²) >= 11 is 1.78. The summed E-state index contributed by atoms with van der Waals surface area (Å²) in [5.74, 6) is 0. The van der Waals surface area contributed by atoms with Gasteiger partial charge in [-0.3, -0.25) is 0 Å². The maximum Gasteiger partial charge on any atom is 0.0148 e. The van der Waals surface area contributed by atoms with Gasteiger partial charge in [0, 0.05) is 4.90 Å². The summed E-state index contributed by atoms with van der Waals surface area (Å²) in [6, 6.07) is 15.6. The lowest BCUT2D eigenvalue weighted by atomic mass is 10.1. The quantitative estimate of drug-likeness (QED) is 0.596. The van der Waals surface area contributed by atoms with E-state index in [1.54, 1.807) is 11.8 Å². The fourth-order valence-electron chi connectivity index (χ4n) is 1.30. The average molecular weight is 173 g/mol. The van der Waals surface area contributed by atoms with Crippen LogP contribution in [0.2, 0.25) is 0 Å². The highest BCUT2D eigenvalue weighted by atomic mass is 32.2. The molecule has 0 aliphatic heterocycles. The van der Waals surface area contributed by atoms with Gasteiger partial charge in [-0.05, 0) is 29.2 Å².